The largest absolute Gasteiger partial charge is 0.483 e. The molecular weight excluding hydrogens is 492 g/mol. The van der Waals surface area contributed by atoms with Crippen LogP contribution in [0.5, 0.6) is 11.5 Å². The summed E-state index contributed by atoms with van der Waals surface area (Å²) >= 11 is 0. The van der Waals surface area contributed by atoms with Crippen LogP contribution in [0.15, 0.2) is 48.5 Å². The van der Waals surface area contributed by atoms with Gasteiger partial charge in [-0.1, -0.05) is 36.4 Å². The Morgan fingerprint density at radius 1 is 1.15 bits per heavy atom. The molecule has 2 saturated carbocycles. The average Bonchev–Trinajstić information content (AvgIpc) is 3.67. The van der Waals surface area contributed by atoms with Gasteiger partial charge in [-0.15, -0.1) is 0 Å². The maximum Gasteiger partial charge on any atom is 0.308 e. The number of benzene rings is 2. The Kier molecular flexibility index (Phi) is 5.69. The van der Waals surface area contributed by atoms with Crippen molar-refractivity contribution >= 4 is 18.0 Å². The monoisotopic (exact) mass is 528 g/mol. The molecule has 7 nitrogen and oxygen atoms in total. The summed E-state index contributed by atoms with van der Waals surface area (Å²) in [5, 5.41) is 12.7. The molecule has 2 aromatic carbocycles. The third-order valence-electron chi connectivity index (χ3n) is 10.0. The summed E-state index contributed by atoms with van der Waals surface area (Å²) in [6, 6.07) is 13.5. The minimum absolute atomic E-state index is 0.0101. The molecule has 5 atom stereocenters. The number of piperidine rings is 1. The van der Waals surface area contributed by atoms with Crippen LogP contribution in [-0.2, 0) is 21.4 Å². The molecule has 1 N–H and O–H groups in total. The molecule has 0 radical (unpaired) electrons. The third-order valence-corrected chi connectivity index (χ3v) is 10.0. The molecule has 3 fully saturated rings. The molecule has 2 bridgehead atoms. The summed E-state index contributed by atoms with van der Waals surface area (Å²) in [4.78, 5) is 29.7. The zero-order valence-electron chi connectivity index (χ0n) is 22.6. The first-order chi connectivity index (χ1) is 18.8. The van der Waals surface area contributed by atoms with Gasteiger partial charge in [0.25, 0.3) is 0 Å². The summed E-state index contributed by atoms with van der Waals surface area (Å²) in [6.07, 6.45) is 8.32. The van der Waals surface area contributed by atoms with Gasteiger partial charge in [0.05, 0.1) is 17.1 Å². The van der Waals surface area contributed by atoms with Crippen molar-refractivity contribution in [3.63, 3.8) is 0 Å². The van der Waals surface area contributed by atoms with Gasteiger partial charge >= 0.3 is 5.97 Å². The number of carbonyl (C=O) groups is 2. The Hall–Kier alpha value is -3.16. The average molecular weight is 529 g/mol. The lowest BCUT2D eigenvalue weighted by Gasteiger charge is -2.64. The quantitative estimate of drug-likeness (QED) is 0.350. The van der Waals surface area contributed by atoms with Gasteiger partial charge in [-0.05, 0) is 74.3 Å². The first-order valence-electron chi connectivity index (χ1n) is 14.3. The van der Waals surface area contributed by atoms with Crippen molar-refractivity contribution in [2.75, 3.05) is 20.1 Å². The standard InChI is InChI=1S/C32H36N2O5/c1-20(35)38-25-12-11-23-18-26-32(37)15-14-24(33(2)27(36)13-10-21-6-4-3-5-7-21)30-31(32,28(23)29(25)39-30)16-17-34(26)19-22-8-9-22/h3-7,10-13,22,24,26,30,37H,8-9,14-19H2,1-2H3/t24-,26-,30+,31+,32-/m1/s1. The van der Waals surface area contributed by atoms with Crippen molar-refractivity contribution in [2.24, 2.45) is 5.92 Å². The van der Waals surface area contributed by atoms with E-state index in [1.165, 1.54) is 19.8 Å². The van der Waals surface area contributed by atoms with E-state index in [1.807, 2.05) is 49.5 Å². The fraction of sp³-hybridized carbons (Fsp3) is 0.500. The zero-order valence-corrected chi connectivity index (χ0v) is 22.6. The summed E-state index contributed by atoms with van der Waals surface area (Å²) in [6.45, 7) is 3.32. The third kappa shape index (κ3) is 3.70. The smallest absolute Gasteiger partial charge is 0.308 e. The zero-order chi connectivity index (χ0) is 26.9. The first kappa shape index (κ1) is 24.9. The van der Waals surface area contributed by atoms with E-state index >= 15 is 0 Å². The Balaban J connectivity index is 1.28. The van der Waals surface area contributed by atoms with Crippen molar-refractivity contribution < 1.29 is 24.2 Å². The lowest BCUT2D eigenvalue weighted by molar-refractivity contribution is -0.200. The van der Waals surface area contributed by atoms with E-state index in [0.717, 1.165) is 48.5 Å². The highest BCUT2D eigenvalue weighted by molar-refractivity contribution is 5.92. The van der Waals surface area contributed by atoms with Crippen LogP contribution < -0.4 is 9.47 Å². The summed E-state index contributed by atoms with van der Waals surface area (Å²) < 4.78 is 12.4. The van der Waals surface area contributed by atoms with E-state index < -0.39 is 23.1 Å². The number of ether oxygens (including phenoxy) is 2. The van der Waals surface area contributed by atoms with Crippen LogP contribution in [0.1, 0.15) is 55.7 Å². The molecule has 7 rings (SSSR count). The number of likely N-dealkylation sites (N-methyl/N-ethyl adjacent to an activating group) is 1. The van der Waals surface area contributed by atoms with Gasteiger partial charge in [-0.3, -0.25) is 14.5 Å². The number of hydrogen-bond donors (Lipinski definition) is 1. The van der Waals surface area contributed by atoms with E-state index in [1.54, 1.807) is 11.0 Å². The molecule has 1 spiro atoms. The fourth-order valence-corrected chi connectivity index (χ4v) is 8.09. The fourth-order valence-electron chi connectivity index (χ4n) is 8.09. The highest BCUT2D eigenvalue weighted by Crippen LogP contribution is 2.66. The van der Waals surface area contributed by atoms with Crippen LogP contribution in [0.25, 0.3) is 6.08 Å². The van der Waals surface area contributed by atoms with Gasteiger partial charge in [0, 0.05) is 38.2 Å². The molecule has 0 unspecified atom stereocenters. The van der Waals surface area contributed by atoms with Crippen LogP contribution in [0.2, 0.25) is 0 Å². The Labute approximate surface area is 229 Å². The summed E-state index contributed by atoms with van der Waals surface area (Å²) in [5.74, 6) is 1.22. The maximum atomic E-state index is 13.4. The van der Waals surface area contributed by atoms with E-state index in [4.69, 9.17) is 9.47 Å². The number of carbonyl (C=O) groups excluding carboxylic acids is 2. The van der Waals surface area contributed by atoms with Gasteiger partial charge in [0.2, 0.25) is 5.91 Å². The van der Waals surface area contributed by atoms with Gasteiger partial charge in [0.15, 0.2) is 11.5 Å². The van der Waals surface area contributed by atoms with E-state index in [0.29, 0.717) is 24.3 Å². The van der Waals surface area contributed by atoms with Crippen molar-refractivity contribution in [1.29, 1.82) is 0 Å². The molecule has 2 heterocycles. The van der Waals surface area contributed by atoms with Crippen molar-refractivity contribution in [1.82, 2.24) is 9.80 Å². The number of aliphatic hydroxyl groups is 1. The number of likely N-dealkylation sites (tertiary alicyclic amines) is 1. The maximum absolute atomic E-state index is 13.4. The molecule has 2 aliphatic heterocycles. The second-order valence-corrected chi connectivity index (χ2v) is 12.2. The van der Waals surface area contributed by atoms with Crippen LogP contribution in [0.3, 0.4) is 0 Å². The number of esters is 1. The predicted molar refractivity (Wildman–Crippen MR) is 146 cm³/mol. The van der Waals surface area contributed by atoms with Gasteiger partial charge in [0.1, 0.15) is 6.10 Å². The minimum Gasteiger partial charge on any atom is -0.483 e. The predicted octanol–water partition coefficient (Wildman–Crippen LogP) is 3.72. The Morgan fingerprint density at radius 3 is 2.69 bits per heavy atom. The lowest BCUT2D eigenvalue weighted by Crippen LogP contribution is -2.78. The van der Waals surface area contributed by atoms with Crippen LogP contribution >= 0.6 is 0 Å². The van der Waals surface area contributed by atoms with Gasteiger partial charge in [-0.2, -0.15) is 0 Å². The normalized spacial score (nSPS) is 32.4. The van der Waals surface area contributed by atoms with Crippen LogP contribution in [0.4, 0.5) is 0 Å². The molecule has 0 aromatic heterocycles. The lowest BCUT2D eigenvalue weighted by atomic mass is 9.48. The molecule has 5 aliphatic rings. The molecular formula is C32H36N2O5. The molecule has 39 heavy (non-hydrogen) atoms. The Morgan fingerprint density at radius 2 is 1.95 bits per heavy atom. The molecule has 204 valence electrons. The van der Waals surface area contributed by atoms with Crippen molar-refractivity contribution in [3.05, 3.63) is 65.2 Å². The minimum atomic E-state index is -0.974. The molecule has 2 aromatic rings. The number of nitrogens with zero attached hydrogens (tertiary/aromatic N) is 2. The second kappa shape index (κ2) is 8.93. The van der Waals surface area contributed by atoms with E-state index in [-0.39, 0.29) is 18.0 Å². The summed E-state index contributed by atoms with van der Waals surface area (Å²) in [7, 11) is 1.84. The topological polar surface area (TPSA) is 79.3 Å². The van der Waals surface area contributed by atoms with Gasteiger partial charge in [-0.25, -0.2) is 0 Å². The highest BCUT2D eigenvalue weighted by atomic mass is 16.6. The van der Waals surface area contributed by atoms with E-state index in [2.05, 4.69) is 11.0 Å². The molecule has 3 aliphatic carbocycles. The number of amides is 1. The van der Waals surface area contributed by atoms with Crippen molar-refractivity contribution in [2.45, 2.75) is 74.7 Å². The van der Waals surface area contributed by atoms with Crippen LogP contribution in [0, 0.1) is 5.92 Å². The number of hydrogen-bond acceptors (Lipinski definition) is 6. The highest BCUT2D eigenvalue weighted by Gasteiger charge is 2.73. The molecule has 1 saturated heterocycles. The van der Waals surface area contributed by atoms with Crippen molar-refractivity contribution in [3.8, 4) is 11.5 Å². The van der Waals surface area contributed by atoms with Crippen LogP contribution in [-0.4, -0.2) is 70.7 Å². The van der Waals surface area contributed by atoms with E-state index in [9.17, 15) is 14.7 Å². The summed E-state index contributed by atoms with van der Waals surface area (Å²) in [5.41, 5.74) is 1.50. The molecule has 1 amide bonds. The SMILES string of the molecule is CC(=O)Oc1ccc2c3c1O[C@H]1[C@H](N(C)C(=O)C=Cc4ccccc4)CC[C@@]4(O)[C@@H](C2)N(CC2CC2)CC[C@]314. The van der Waals surface area contributed by atoms with Gasteiger partial charge < -0.3 is 19.5 Å². The second-order valence-electron chi connectivity index (χ2n) is 12.2. The first-order valence-corrected chi connectivity index (χ1v) is 14.3. The number of rotatable bonds is 6. The Bertz CT molecular complexity index is 1350. The molecule has 7 heteroatoms.